The zero-order valence-corrected chi connectivity index (χ0v) is 86.5. The molecule has 11 aromatic carbocycles. The first kappa shape index (κ1) is 112. The molecule has 0 saturated heterocycles. The van der Waals surface area contributed by atoms with Crippen LogP contribution >= 0.6 is 14.5 Å². The molecule has 0 radical (unpaired) electrons. The summed E-state index contributed by atoms with van der Waals surface area (Å²) in [4.78, 5) is 10.6. The molecular weight excluding hydrogens is 1750 g/mol. The van der Waals surface area contributed by atoms with Gasteiger partial charge in [0.2, 0.25) is 0 Å². The molecule has 0 aromatic heterocycles. The SMILES string of the molecule is CCCCCCCCCCCCCCCOc1ccc(C=Cc2ccc(C=Cc3ccc(OCCCCCCCCCCCCCCC)cc3)cc2)cc1.CCCCCCCCCCCCCCCOc1ccc(C=O)cc1.C[O-].[Br-].[Br-].[Na+].c1ccc([P+](Cc2ccc(C[P+](c3ccccc3)(c3ccccc3)c3ccccc3)cc2)(c2ccccc2)c2ccccc2)cc1. The maximum atomic E-state index is 10.6. The van der Waals surface area contributed by atoms with E-state index in [1.165, 1.54) is 296 Å². The summed E-state index contributed by atoms with van der Waals surface area (Å²) in [6.45, 7) is 9.26. The first-order valence-electron chi connectivity index (χ1n) is 49.1. The molecule has 0 bridgehead atoms. The third-order valence-electron chi connectivity index (χ3n) is 24.2. The van der Waals surface area contributed by atoms with E-state index in [-0.39, 0.29) is 63.5 Å². The number of rotatable bonds is 60. The zero-order chi connectivity index (χ0) is 88.4. The normalized spacial score (nSPS) is 11.0. The largest absolute Gasteiger partial charge is 1.00 e. The van der Waals surface area contributed by atoms with Crippen LogP contribution in [-0.2, 0) is 12.3 Å². The van der Waals surface area contributed by atoms with E-state index in [4.69, 9.17) is 19.3 Å². The summed E-state index contributed by atoms with van der Waals surface area (Å²) in [5.74, 6) is 2.79. The van der Waals surface area contributed by atoms with E-state index in [0.717, 1.165) is 82.1 Å². The van der Waals surface area contributed by atoms with Crippen LogP contribution in [0.25, 0.3) is 24.3 Å². The van der Waals surface area contributed by atoms with Gasteiger partial charge in [-0.05, 0) is 174 Å². The molecule has 129 heavy (non-hydrogen) atoms. The minimum absolute atomic E-state index is 0. The van der Waals surface area contributed by atoms with Gasteiger partial charge in [-0.2, -0.15) is 7.11 Å². The van der Waals surface area contributed by atoms with Gasteiger partial charge in [-0.25, -0.2) is 0 Å². The predicted molar refractivity (Wildman–Crippen MR) is 553 cm³/mol. The fraction of sp³-hybridized carbons (Fsp3) is 0.403. The Morgan fingerprint density at radius 3 is 0.558 bits per heavy atom. The molecule has 0 spiro atoms. The van der Waals surface area contributed by atoms with Crippen LogP contribution < -0.4 is 115 Å². The number of hydrogen-bond donors (Lipinski definition) is 0. The number of hydrogen-bond acceptors (Lipinski definition) is 5. The number of carbonyl (C=O) groups excluding carboxylic acids is 1. The van der Waals surface area contributed by atoms with Gasteiger partial charge in [0.15, 0.2) is 0 Å². The number of ether oxygens (including phenoxy) is 3. The third-order valence-corrected chi connectivity index (χ3v) is 33.0. The van der Waals surface area contributed by atoms with Gasteiger partial charge >= 0.3 is 29.6 Å². The first-order valence-corrected chi connectivity index (χ1v) is 53.1. The van der Waals surface area contributed by atoms with Gasteiger partial charge in [-0.3, -0.25) is 4.79 Å². The molecule has 0 aliphatic carbocycles. The molecule has 11 rings (SSSR count). The van der Waals surface area contributed by atoms with Gasteiger partial charge in [-0.15, -0.1) is 0 Å². The second kappa shape index (κ2) is 72.3. The Morgan fingerprint density at radius 1 is 0.217 bits per heavy atom. The molecule has 686 valence electrons. The Hall–Kier alpha value is -7.25. The molecular formula is C119H155Br2NaO5P2. The van der Waals surface area contributed by atoms with Crippen molar-refractivity contribution in [1.29, 1.82) is 0 Å². The Kier molecular flexibility index (Phi) is 62.9. The van der Waals surface area contributed by atoms with E-state index in [1.54, 1.807) is 12.1 Å². The molecule has 0 fully saturated rings. The minimum Gasteiger partial charge on any atom is -1.00 e. The van der Waals surface area contributed by atoms with Crippen molar-refractivity contribution in [1.82, 2.24) is 0 Å². The summed E-state index contributed by atoms with van der Waals surface area (Å²) < 4.78 is 17.7. The van der Waals surface area contributed by atoms with Crippen LogP contribution in [0, 0.1) is 0 Å². The Labute approximate surface area is 827 Å². The molecule has 0 heterocycles. The second-order valence-corrected chi connectivity index (χ2v) is 41.2. The molecule has 5 nitrogen and oxygen atoms in total. The standard InChI is InChI=1S/C52H78O2.C44H38P2.C22H36O2.CH3O.2BrH.Na/c1-3-5-7-9-11-13-15-17-19-21-23-25-27-45-53-51-41-37-49(38-42-51)35-33-47-29-31-48(32-30-47)34-36-50-39-43-52(44-40-50)54-46-28-26-24-22-20-18-16-14-12-10-8-6-4-2;1-7-19-39(20-8-1)45(40-21-9-2-10-22-40,41-23-11-3-12-24-41)35-37-31-33-38(34-32-37)36-46(42-25-13-4-14-26-42,43-27-15-5-16-28-43)44-29-17-6-18-30-44;1-2-3-4-5-6-7-8-9-10-11-12-13-14-19-24-22-17-15-21(20-23)16-18-22;1-2;;;/h29-44H,3-28,45-46H2,1-2H3;1-34H,35-36H2;15-18,20H,2-14,19H2,1H3;1H3;2*1H;/q;+2;;-1;;;+1/p-2. The van der Waals surface area contributed by atoms with E-state index in [9.17, 15) is 4.79 Å². The summed E-state index contributed by atoms with van der Waals surface area (Å²) >= 11 is 0. The number of aldehydes is 1. The monoisotopic (exact) mass is 1910 g/mol. The van der Waals surface area contributed by atoms with E-state index in [1.807, 2.05) is 12.1 Å². The van der Waals surface area contributed by atoms with E-state index >= 15 is 0 Å². The molecule has 0 aliphatic heterocycles. The summed E-state index contributed by atoms with van der Waals surface area (Å²) in [7, 11) is -3.19. The Morgan fingerprint density at radius 2 is 0.380 bits per heavy atom. The van der Waals surface area contributed by atoms with Crippen LogP contribution in [0.3, 0.4) is 0 Å². The van der Waals surface area contributed by atoms with Gasteiger partial charge in [0.1, 0.15) is 69.9 Å². The van der Waals surface area contributed by atoms with Crippen LogP contribution in [0.5, 0.6) is 17.2 Å². The number of unbranched alkanes of at least 4 members (excludes halogenated alkanes) is 36. The summed E-state index contributed by atoms with van der Waals surface area (Å²) in [6, 6.07) is 110. The summed E-state index contributed by atoms with van der Waals surface area (Å²) in [6.07, 6.45) is 65.0. The second-order valence-electron chi connectivity index (χ2n) is 34.2. The van der Waals surface area contributed by atoms with Crippen molar-refractivity contribution in [3.8, 4) is 17.2 Å². The van der Waals surface area contributed by atoms with Crippen LogP contribution in [-0.4, -0.2) is 33.2 Å². The van der Waals surface area contributed by atoms with Crippen LogP contribution in [0.2, 0.25) is 0 Å². The van der Waals surface area contributed by atoms with Crippen molar-refractivity contribution in [2.24, 2.45) is 0 Å². The molecule has 11 aromatic rings. The Bertz CT molecular complexity index is 4080. The van der Waals surface area contributed by atoms with Crippen molar-refractivity contribution in [2.45, 2.75) is 284 Å². The number of carbonyl (C=O) groups is 1. The molecule has 0 unspecified atom stereocenters. The summed E-state index contributed by atoms with van der Waals surface area (Å²) in [5, 5.41) is 16.7. The number of halogens is 2. The fourth-order valence-corrected chi connectivity index (χ4v) is 25.3. The quantitative estimate of drug-likeness (QED) is 0.0125. The van der Waals surface area contributed by atoms with E-state index < -0.39 is 14.5 Å². The van der Waals surface area contributed by atoms with Gasteiger partial charge in [-0.1, -0.05) is 458 Å². The molecule has 10 heteroatoms. The number of benzene rings is 11. The smallest absolute Gasteiger partial charge is 1.00 e. The van der Waals surface area contributed by atoms with Gasteiger partial charge < -0.3 is 53.3 Å². The molecule has 0 amide bonds. The minimum atomic E-state index is -1.97. The van der Waals surface area contributed by atoms with E-state index in [2.05, 4.69) is 324 Å². The van der Waals surface area contributed by atoms with Gasteiger partial charge in [0.05, 0.1) is 32.1 Å². The van der Waals surface area contributed by atoms with E-state index in [0.29, 0.717) is 5.56 Å². The summed E-state index contributed by atoms with van der Waals surface area (Å²) in [5.41, 5.74) is 8.20. The topological polar surface area (TPSA) is 67.8 Å². The fourth-order valence-electron chi connectivity index (χ4n) is 16.9. The van der Waals surface area contributed by atoms with Crippen molar-refractivity contribution in [3.63, 3.8) is 0 Å². The molecule has 0 aliphatic rings. The molecule has 0 saturated carbocycles. The van der Waals surface area contributed by atoms with Crippen molar-refractivity contribution < 1.29 is 87.6 Å². The van der Waals surface area contributed by atoms with Crippen molar-refractivity contribution in [2.75, 3.05) is 26.9 Å². The molecule has 0 N–H and O–H groups in total. The molecule has 0 atom stereocenters. The average Bonchev–Trinajstić information content (AvgIpc) is 0.750. The van der Waals surface area contributed by atoms with Crippen LogP contribution in [0.15, 0.2) is 303 Å². The van der Waals surface area contributed by atoms with Crippen molar-refractivity contribution >= 4 is 76.9 Å². The Balaban J connectivity index is 0.000000357. The van der Waals surface area contributed by atoms with Crippen molar-refractivity contribution in [3.05, 3.63) is 342 Å². The third kappa shape index (κ3) is 44.0. The van der Waals surface area contributed by atoms with Gasteiger partial charge in [0, 0.05) is 5.56 Å². The van der Waals surface area contributed by atoms with Crippen LogP contribution in [0.1, 0.15) is 315 Å². The average molecular weight is 1910 g/mol. The predicted octanol–water partition coefficient (Wildman–Crippen LogP) is 22.6. The maximum absolute atomic E-state index is 10.6. The zero-order valence-electron chi connectivity index (χ0n) is 79.6. The maximum Gasteiger partial charge on any atom is 1.00 e. The first-order chi connectivity index (χ1) is 62.4. The van der Waals surface area contributed by atoms with Gasteiger partial charge in [0.25, 0.3) is 0 Å². The van der Waals surface area contributed by atoms with Crippen LogP contribution in [0.4, 0.5) is 0 Å².